The molecule has 0 saturated carbocycles. The van der Waals surface area contributed by atoms with Crippen LogP contribution in [-0.2, 0) is 21.2 Å². The molecule has 0 aliphatic carbocycles. The van der Waals surface area contributed by atoms with Gasteiger partial charge in [0.25, 0.3) is 10.0 Å². The molecule has 1 aliphatic heterocycles. The third-order valence-corrected chi connectivity index (χ3v) is 7.30. The number of benzene rings is 2. The normalized spacial score (nSPS) is 14.3. The van der Waals surface area contributed by atoms with Gasteiger partial charge in [0.05, 0.1) is 4.90 Å². The van der Waals surface area contributed by atoms with Crippen LogP contribution in [0.4, 0.5) is 11.4 Å². The number of carbonyl (C=O) groups is 1. The number of aryl methyl sites for hydroxylation is 3. The lowest BCUT2D eigenvalue weighted by Gasteiger charge is -2.31. The second-order valence-corrected chi connectivity index (χ2v) is 10.1. The highest BCUT2D eigenvalue weighted by molar-refractivity contribution is 7.92. The van der Waals surface area contributed by atoms with Crippen LogP contribution in [0.25, 0.3) is 0 Å². The van der Waals surface area contributed by atoms with Crippen LogP contribution in [0, 0.1) is 33.6 Å². The van der Waals surface area contributed by atoms with E-state index in [-0.39, 0.29) is 5.91 Å². The van der Waals surface area contributed by atoms with Crippen LogP contribution < -0.4 is 9.62 Å². The maximum absolute atomic E-state index is 13.2. The van der Waals surface area contributed by atoms with Gasteiger partial charge in [0, 0.05) is 24.3 Å². The molecule has 0 bridgehead atoms. The van der Waals surface area contributed by atoms with Gasteiger partial charge in [-0.05, 0) is 86.1 Å². The first kappa shape index (κ1) is 21.4. The standard InChI is InChI=1S/C23H30N2O3S/c1-14(2)13-25-21-9-8-20(12-19(21)7-10-22(25)26)24-29(27,28)23-17(5)15(3)11-16(4)18(23)6/h8-9,11-12,14,24H,7,10,13H2,1-6H3. The van der Waals surface area contributed by atoms with Gasteiger partial charge in [-0.25, -0.2) is 8.42 Å². The van der Waals surface area contributed by atoms with E-state index in [1.165, 1.54) is 0 Å². The summed E-state index contributed by atoms with van der Waals surface area (Å²) in [5.74, 6) is 0.486. The quantitative estimate of drug-likeness (QED) is 0.774. The molecule has 1 aliphatic rings. The van der Waals surface area contributed by atoms with Crippen molar-refractivity contribution in [1.29, 1.82) is 0 Å². The Bertz CT molecular complexity index is 1050. The molecule has 0 spiro atoms. The molecule has 1 N–H and O–H groups in total. The highest BCUT2D eigenvalue weighted by atomic mass is 32.2. The summed E-state index contributed by atoms with van der Waals surface area (Å²) in [4.78, 5) is 14.5. The van der Waals surface area contributed by atoms with Crippen LogP contribution in [0.3, 0.4) is 0 Å². The molecular weight excluding hydrogens is 384 g/mol. The van der Waals surface area contributed by atoms with Crippen LogP contribution in [0.1, 0.15) is 48.1 Å². The van der Waals surface area contributed by atoms with Crippen molar-refractivity contribution in [2.24, 2.45) is 5.92 Å². The summed E-state index contributed by atoms with van der Waals surface area (Å²) in [6.45, 7) is 12.4. The fraction of sp³-hybridized carbons (Fsp3) is 0.435. The van der Waals surface area contributed by atoms with Gasteiger partial charge in [-0.15, -0.1) is 0 Å². The van der Waals surface area contributed by atoms with Crippen LogP contribution in [-0.4, -0.2) is 20.9 Å². The molecule has 2 aromatic rings. The summed E-state index contributed by atoms with van der Waals surface area (Å²) in [7, 11) is -3.72. The van der Waals surface area contributed by atoms with E-state index in [2.05, 4.69) is 18.6 Å². The van der Waals surface area contributed by atoms with Crippen LogP contribution in [0.15, 0.2) is 29.2 Å². The minimum atomic E-state index is -3.72. The van der Waals surface area contributed by atoms with Crippen molar-refractivity contribution < 1.29 is 13.2 Å². The predicted octanol–water partition coefficient (Wildman–Crippen LogP) is 4.66. The number of fused-ring (bicyclic) bond motifs is 1. The zero-order valence-electron chi connectivity index (χ0n) is 18.1. The molecule has 0 fully saturated rings. The molecule has 1 heterocycles. The monoisotopic (exact) mass is 414 g/mol. The van der Waals surface area contributed by atoms with Gasteiger partial charge in [-0.3, -0.25) is 9.52 Å². The van der Waals surface area contributed by atoms with Gasteiger partial charge in [-0.2, -0.15) is 0 Å². The summed E-state index contributed by atoms with van der Waals surface area (Å²) in [5.41, 5.74) is 5.87. The van der Waals surface area contributed by atoms with Gasteiger partial charge < -0.3 is 4.90 Å². The minimum absolute atomic E-state index is 0.126. The number of amides is 1. The van der Waals surface area contributed by atoms with Crippen LogP contribution >= 0.6 is 0 Å². The first-order valence-corrected chi connectivity index (χ1v) is 11.5. The third kappa shape index (κ3) is 4.17. The predicted molar refractivity (Wildman–Crippen MR) is 118 cm³/mol. The fourth-order valence-electron chi connectivity index (χ4n) is 3.98. The van der Waals surface area contributed by atoms with Crippen molar-refractivity contribution in [3.05, 3.63) is 52.1 Å². The zero-order valence-corrected chi connectivity index (χ0v) is 18.9. The minimum Gasteiger partial charge on any atom is -0.312 e. The third-order valence-electron chi connectivity index (χ3n) is 5.65. The van der Waals surface area contributed by atoms with E-state index in [4.69, 9.17) is 0 Å². The Balaban J connectivity index is 1.97. The highest BCUT2D eigenvalue weighted by Crippen LogP contribution is 2.33. The maximum Gasteiger partial charge on any atom is 0.262 e. The number of nitrogens with one attached hydrogen (secondary N) is 1. The van der Waals surface area contributed by atoms with E-state index in [9.17, 15) is 13.2 Å². The largest absolute Gasteiger partial charge is 0.312 e. The first-order chi connectivity index (χ1) is 13.5. The molecule has 29 heavy (non-hydrogen) atoms. The summed E-state index contributed by atoms with van der Waals surface area (Å²) in [6.07, 6.45) is 1.07. The molecule has 0 radical (unpaired) electrons. The number of rotatable bonds is 5. The molecule has 0 aromatic heterocycles. The van der Waals surface area contributed by atoms with E-state index >= 15 is 0 Å². The molecule has 0 atom stereocenters. The molecule has 6 heteroatoms. The fourth-order valence-corrected chi connectivity index (χ4v) is 5.65. The first-order valence-electron chi connectivity index (χ1n) is 10.0. The van der Waals surface area contributed by atoms with Gasteiger partial charge in [0.1, 0.15) is 0 Å². The lowest BCUT2D eigenvalue weighted by molar-refractivity contribution is -0.119. The Morgan fingerprint density at radius 3 is 2.21 bits per heavy atom. The Labute approximate surface area is 174 Å². The van der Waals surface area contributed by atoms with Crippen LogP contribution in [0.2, 0.25) is 0 Å². The van der Waals surface area contributed by atoms with Crippen molar-refractivity contribution >= 4 is 27.3 Å². The number of hydrogen-bond donors (Lipinski definition) is 1. The maximum atomic E-state index is 13.2. The van der Waals surface area contributed by atoms with E-state index in [1.54, 1.807) is 6.07 Å². The zero-order chi connectivity index (χ0) is 21.5. The summed E-state index contributed by atoms with van der Waals surface area (Å²) in [5, 5.41) is 0. The second kappa shape index (κ2) is 7.82. The van der Waals surface area contributed by atoms with E-state index in [1.807, 2.05) is 50.8 Å². The average molecular weight is 415 g/mol. The number of anilines is 2. The molecule has 5 nitrogen and oxygen atoms in total. The molecule has 2 aromatic carbocycles. The lowest BCUT2D eigenvalue weighted by Crippen LogP contribution is -2.37. The van der Waals surface area contributed by atoms with E-state index in [0.717, 1.165) is 33.5 Å². The van der Waals surface area contributed by atoms with Crippen molar-refractivity contribution in [2.45, 2.75) is 59.3 Å². The number of sulfonamides is 1. The Morgan fingerprint density at radius 1 is 1.00 bits per heavy atom. The Morgan fingerprint density at radius 2 is 1.62 bits per heavy atom. The van der Waals surface area contributed by atoms with Gasteiger partial charge >= 0.3 is 0 Å². The SMILES string of the molecule is Cc1cc(C)c(C)c(S(=O)(=O)Nc2ccc3c(c2)CCC(=O)N3CC(C)C)c1C. The van der Waals surface area contributed by atoms with Crippen molar-refractivity contribution in [3.8, 4) is 0 Å². The van der Waals surface area contributed by atoms with Crippen LogP contribution in [0.5, 0.6) is 0 Å². The Hall–Kier alpha value is -2.34. The van der Waals surface area contributed by atoms with Crippen molar-refractivity contribution in [2.75, 3.05) is 16.2 Å². The Kier molecular flexibility index (Phi) is 5.77. The average Bonchev–Trinajstić information content (AvgIpc) is 2.62. The molecular formula is C23H30N2O3S. The van der Waals surface area contributed by atoms with Crippen molar-refractivity contribution in [3.63, 3.8) is 0 Å². The number of hydrogen-bond acceptors (Lipinski definition) is 3. The summed E-state index contributed by atoms with van der Waals surface area (Å²) in [6, 6.07) is 7.48. The molecule has 3 rings (SSSR count). The second-order valence-electron chi connectivity index (χ2n) is 8.44. The molecule has 1 amide bonds. The van der Waals surface area contributed by atoms with Gasteiger partial charge in [0.2, 0.25) is 5.91 Å². The molecule has 0 saturated heterocycles. The molecule has 0 unspecified atom stereocenters. The number of nitrogens with zero attached hydrogens (tertiary/aromatic N) is 1. The number of carbonyl (C=O) groups excluding carboxylic acids is 1. The summed E-state index contributed by atoms with van der Waals surface area (Å²) >= 11 is 0. The highest BCUT2D eigenvalue weighted by Gasteiger charge is 2.26. The topological polar surface area (TPSA) is 66.5 Å². The lowest BCUT2D eigenvalue weighted by atomic mass is 9.99. The van der Waals surface area contributed by atoms with E-state index < -0.39 is 10.0 Å². The van der Waals surface area contributed by atoms with Crippen molar-refractivity contribution in [1.82, 2.24) is 0 Å². The smallest absolute Gasteiger partial charge is 0.262 e. The molecule has 156 valence electrons. The van der Waals surface area contributed by atoms with Gasteiger partial charge in [-0.1, -0.05) is 19.9 Å². The van der Waals surface area contributed by atoms with Gasteiger partial charge in [0.15, 0.2) is 0 Å². The summed E-state index contributed by atoms with van der Waals surface area (Å²) < 4.78 is 29.2. The van der Waals surface area contributed by atoms with E-state index in [0.29, 0.717) is 35.9 Å².